The van der Waals surface area contributed by atoms with Crippen LogP contribution in [0.5, 0.6) is 0 Å². The lowest BCUT2D eigenvalue weighted by atomic mass is 9.91. The van der Waals surface area contributed by atoms with Crippen molar-refractivity contribution in [3.63, 3.8) is 0 Å². The van der Waals surface area contributed by atoms with Crippen LogP contribution in [0.25, 0.3) is 0 Å². The number of fused-ring (bicyclic) bond motifs is 2. The number of hydrogen-bond donors (Lipinski definition) is 2. The second-order valence-corrected chi connectivity index (χ2v) is 10.0. The zero-order chi connectivity index (χ0) is 25.6. The van der Waals surface area contributed by atoms with E-state index in [0.29, 0.717) is 30.0 Å². The first-order valence-electron chi connectivity index (χ1n) is 12.3. The summed E-state index contributed by atoms with van der Waals surface area (Å²) in [5, 5.41) is 5.58. The van der Waals surface area contributed by atoms with Crippen molar-refractivity contribution >= 4 is 29.4 Å². The molecule has 2 aliphatic carbocycles. The molecule has 2 N–H and O–H groups in total. The minimum absolute atomic E-state index is 0.0586. The Morgan fingerprint density at radius 3 is 2.58 bits per heavy atom. The maximum absolute atomic E-state index is 13.6. The van der Waals surface area contributed by atoms with Crippen molar-refractivity contribution in [2.75, 3.05) is 11.9 Å². The molecular weight excluding hydrogens is 463 g/mol. The third kappa shape index (κ3) is 4.34. The highest BCUT2D eigenvalue weighted by molar-refractivity contribution is 6.10. The number of anilines is 1. The molecule has 0 radical (unpaired) electrons. The summed E-state index contributed by atoms with van der Waals surface area (Å²) in [6, 6.07) is 10.6. The molecule has 5 amide bonds. The van der Waals surface area contributed by atoms with Crippen molar-refractivity contribution in [1.29, 1.82) is 0 Å². The fourth-order valence-corrected chi connectivity index (χ4v) is 5.38. The molecule has 0 bridgehead atoms. The van der Waals surface area contributed by atoms with Crippen molar-refractivity contribution in [2.24, 2.45) is 5.92 Å². The van der Waals surface area contributed by atoms with Gasteiger partial charge in [-0.25, -0.2) is 9.18 Å². The molecule has 0 aromatic heterocycles. The maximum atomic E-state index is 13.6. The number of halogens is 1. The van der Waals surface area contributed by atoms with Crippen molar-refractivity contribution in [3.05, 3.63) is 65.0 Å². The van der Waals surface area contributed by atoms with Crippen LogP contribution in [0.1, 0.15) is 49.8 Å². The molecule has 2 atom stereocenters. The van der Waals surface area contributed by atoms with Gasteiger partial charge in [0.2, 0.25) is 11.8 Å². The predicted molar refractivity (Wildman–Crippen MR) is 130 cm³/mol. The Hall–Kier alpha value is -3.75. The zero-order valence-electron chi connectivity index (χ0n) is 20.3. The van der Waals surface area contributed by atoms with E-state index in [2.05, 4.69) is 10.6 Å². The van der Waals surface area contributed by atoms with Crippen LogP contribution >= 0.6 is 0 Å². The summed E-state index contributed by atoms with van der Waals surface area (Å²) in [5.74, 6) is -0.921. The Labute approximate surface area is 208 Å². The summed E-state index contributed by atoms with van der Waals surface area (Å²) in [4.78, 5) is 54.1. The van der Waals surface area contributed by atoms with E-state index in [0.717, 1.165) is 28.9 Å². The monoisotopic (exact) mass is 492 g/mol. The van der Waals surface area contributed by atoms with Crippen LogP contribution in [0.4, 0.5) is 14.9 Å². The Bertz CT molecular complexity index is 1240. The quantitative estimate of drug-likeness (QED) is 0.580. The van der Waals surface area contributed by atoms with E-state index in [1.807, 2.05) is 13.0 Å². The molecule has 1 spiro atoms. The van der Waals surface area contributed by atoms with Crippen molar-refractivity contribution in [1.82, 2.24) is 15.1 Å². The minimum atomic E-state index is -1.20. The van der Waals surface area contributed by atoms with Crippen LogP contribution in [0.15, 0.2) is 42.5 Å². The van der Waals surface area contributed by atoms with Crippen LogP contribution in [-0.2, 0) is 32.9 Å². The highest BCUT2D eigenvalue weighted by Gasteiger charge is 2.56. The lowest BCUT2D eigenvalue weighted by Crippen LogP contribution is -2.47. The van der Waals surface area contributed by atoms with Crippen molar-refractivity contribution < 1.29 is 23.6 Å². The van der Waals surface area contributed by atoms with E-state index in [9.17, 15) is 23.6 Å². The standard InChI is InChI=1S/C27H29FN4O4/c1-16(19-5-6-19)31(14-18-3-7-21(28)8-4-18)24(34)15-32-25(35)27(30-26(32)36)12-11-20-13-22(29-17(2)33)9-10-23(20)27/h3-4,7-10,13,16,19H,5-6,11-12,14-15H2,1-2H3,(H,29,33)(H,30,36). The Balaban J connectivity index is 1.35. The highest BCUT2D eigenvalue weighted by Crippen LogP contribution is 2.42. The molecule has 2 fully saturated rings. The van der Waals surface area contributed by atoms with E-state index in [1.54, 1.807) is 29.2 Å². The van der Waals surface area contributed by atoms with Gasteiger partial charge in [-0.1, -0.05) is 18.2 Å². The summed E-state index contributed by atoms with van der Waals surface area (Å²) in [7, 11) is 0. The molecule has 2 unspecified atom stereocenters. The molecule has 1 heterocycles. The van der Waals surface area contributed by atoms with Gasteiger partial charge < -0.3 is 15.5 Å². The van der Waals surface area contributed by atoms with Crippen LogP contribution in [0, 0.1) is 11.7 Å². The van der Waals surface area contributed by atoms with E-state index in [1.165, 1.54) is 19.1 Å². The summed E-state index contributed by atoms with van der Waals surface area (Å²) < 4.78 is 13.4. The lowest BCUT2D eigenvalue weighted by molar-refractivity contribution is -0.141. The molecule has 188 valence electrons. The third-order valence-electron chi connectivity index (χ3n) is 7.51. The number of nitrogens with one attached hydrogen (secondary N) is 2. The molecule has 3 aliphatic rings. The molecule has 2 aromatic rings. The van der Waals surface area contributed by atoms with Gasteiger partial charge in [0.1, 0.15) is 17.9 Å². The molecule has 5 rings (SSSR count). The highest BCUT2D eigenvalue weighted by atomic mass is 19.1. The van der Waals surface area contributed by atoms with Crippen LogP contribution in [-0.4, -0.2) is 46.1 Å². The molecule has 36 heavy (non-hydrogen) atoms. The van der Waals surface area contributed by atoms with Gasteiger partial charge >= 0.3 is 6.03 Å². The average molecular weight is 493 g/mol. The topological polar surface area (TPSA) is 98.8 Å². The molecule has 8 nitrogen and oxygen atoms in total. The van der Waals surface area contributed by atoms with E-state index >= 15 is 0 Å². The zero-order valence-corrected chi connectivity index (χ0v) is 20.3. The number of urea groups is 1. The number of aryl methyl sites for hydroxylation is 1. The molecule has 2 aromatic carbocycles. The van der Waals surface area contributed by atoms with Gasteiger partial charge in [0.15, 0.2) is 0 Å². The minimum Gasteiger partial charge on any atom is -0.334 e. The summed E-state index contributed by atoms with van der Waals surface area (Å²) in [5.41, 5.74) is 1.78. The van der Waals surface area contributed by atoms with Crippen molar-refractivity contribution in [2.45, 2.75) is 57.7 Å². The largest absolute Gasteiger partial charge is 0.334 e. The number of hydrogen-bond acceptors (Lipinski definition) is 4. The lowest BCUT2D eigenvalue weighted by Gasteiger charge is -2.31. The van der Waals surface area contributed by atoms with Crippen LogP contribution < -0.4 is 10.6 Å². The van der Waals surface area contributed by atoms with Gasteiger partial charge in [-0.05, 0) is 79.5 Å². The first-order valence-corrected chi connectivity index (χ1v) is 12.3. The number of rotatable bonds is 7. The number of amides is 5. The smallest absolute Gasteiger partial charge is 0.325 e. The number of benzene rings is 2. The van der Waals surface area contributed by atoms with Gasteiger partial charge in [0.05, 0.1) is 0 Å². The Morgan fingerprint density at radius 1 is 1.19 bits per heavy atom. The summed E-state index contributed by atoms with van der Waals surface area (Å²) in [6.45, 7) is 3.32. The maximum Gasteiger partial charge on any atom is 0.325 e. The molecule has 9 heteroatoms. The first-order chi connectivity index (χ1) is 17.2. The number of imide groups is 1. The normalized spacial score (nSPS) is 21.4. The van der Waals surface area contributed by atoms with Gasteiger partial charge in [-0.2, -0.15) is 0 Å². The summed E-state index contributed by atoms with van der Waals surface area (Å²) >= 11 is 0. The molecule has 1 saturated heterocycles. The second kappa shape index (κ2) is 9.04. The number of carbonyl (C=O) groups is 4. The van der Waals surface area contributed by atoms with Gasteiger partial charge in [0, 0.05) is 25.2 Å². The molecular formula is C27H29FN4O4. The third-order valence-corrected chi connectivity index (χ3v) is 7.51. The van der Waals surface area contributed by atoms with E-state index in [-0.39, 0.29) is 36.8 Å². The van der Waals surface area contributed by atoms with E-state index < -0.39 is 17.5 Å². The Kier molecular flexibility index (Phi) is 6.02. The second-order valence-electron chi connectivity index (χ2n) is 10.0. The summed E-state index contributed by atoms with van der Waals surface area (Å²) in [6.07, 6.45) is 3.00. The number of nitrogens with zero attached hydrogens (tertiary/aromatic N) is 2. The number of carbonyl (C=O) groups excluding carboxylic acids is 4. The van der Waals surface area contributed by atoms with Gasteiger partial charge in [-0.3, -0.25) is 19.3 Å². The first kappa shape index (κ1) is 24.0. The van der Waals surface area contributed by atoms with Crippen LogP contribution in [0.3, 0.4) is 0 Å². The molecule has 1 saturated carbocycles. The fourth-order valence-electron chi connectivity index (χ4n) is 5.38. The van der Waals surface area contributed by atoms with Crippen LogP contribution in [0.2, 0.25) is 0 Å². The predicted octanol–water partition coefficient (Wildman–Crippen LogP) is 3.30. The Morgan fingerprint density at radius 2 is 1.92 bits per heavy atom. The van der Waals surface area contributed by atoms with Crippen molar-refractivity contribution in [3.8, 4) is 0 Å². The van der Waals surface area contributed by atoms with Gasteiger partial charge in [0.25, 0.3) is 5.91 Å². The average Bonchev–Trinajstić information content (AvgIpc) is 3.59. The van der Waals surface area contributed by atoms with Gasteiger partial charge in [-0.15, -0.1) is 0 Å². The SMILES string of the molecule is CC(=O)Nc1ccc2c(c1)CCC21NC(=O)N(CC(=O)N(Cc2ccc(F)cc2)C(C)C2CC2)C1=O. The van der Waals surface area contributed by atoms with E-state index in [4.69, 9.17) is 0 Å². The molecule has 1 aliphatic heterocycles. The fraction of sp³-hybridized carbons (Fsp3) is 0.407.